The minimum Gasteiger partial charge on any atom is -0.394 e. The van der Waals surface area contributed by atoms with E-state index in [1.54, 1.807) is 24.3 Å². The van der Waals surface area contributed by atoms with Crippen LogP contribution in [0.15, 0.2) is 45.3 Å². The number of aliphatic hydroxyl groups excluding tert-OH is 3. The lowest BCUT2D eigenvalue weighted by molar-refractivity contribution is -0.118. The third kappa shape index (κ3) is 2.89. The molecule has 1 fully saturated rings. The number of anilines is 1. The van der Waals surface area contributed by atoms with Crippen molar-refractivity contribution in [3.05, 3.63) is 30.3 Å². The summed E-state index contributed by atoms with van der Waals surface area (Å²) in [5.74, 6) is -0.375. The van der Waals surface area contributed by atoms with Crippen LogP contribution in [0.25, 0.3) is 0 Å². The van der Waals surface area contributed by atoms with E-state index in [0.29, 0.717) is 5.69 Å². The Morgan fingerprint density at radius 2 is 2.07 bits per heavy atom. The second kappa shape index (κ2) is 7.04. The maximum absolute atomic E-state index is 12.8. The van der Waals surface area contributed by atoms with Gasteiger partial charge in [-0.2, -0.15) is 0 Å². The van der Waals surface area contributed by atoms with Crippen LogP contribution in [0.4, 0.5) is 5.69 Å². The number of nitrogens with one attached hydrogen (secondary N) is 1. The fourth-order valence-electron chi connectivity index (χ4n) is 3.34. The van der Waals surface area contributed by atoms with Gasteiger partial charge in [0.05, 0.1) is 6.61 Å². The zero-order valence-corrected chi connectivity index (χ0v) is 14.7. The highest BCUT2D eigenvalue weighted by Gasteiger charge is 2.52. The lowest BCUT2D eigenvalue weighted by atomic mass is 10.0. The van der Waals surface area contributed by atoms with Crippen LogP contribution in [0.2, 0.25) is 0 Å². The molecule has 1 aromatic rings. The molecule has 6 N–H and O–H groups in total. The quantitative estimate of drug-likeness (QED) is 0.393. The van der Waals surface area contributed by atoms with Gasteiger partial charge in [-0.1, -0.05) is 18.2 Å². The monoisotopic (exact) mass is 388 g/mol. The highest BCUT2D eigenvalue weighted by atomic mass is 16.6. The van der Waals surface area contributed by atoms with Crippen LogP contribution in [0.1, 0.15) is 0 Å². The van der Waals surface area contributed by atoms with Crippen LogP contribution in [-0.2, 0) is 9.53 Å². The van der Waals surface area contributed by atoms with Gasteiger partial charge in [-0.15, -0.1) is 0 Å². The number of carbonyl (C=O) groups is 1. The molecule has 0 radical (unpaired) electrons. The second-order valence-electron chi connectivity index (χ2n) is 6.63. The predicted molar refractivity (Wildman–Crippen MR) is 99.8 cm³/mol. The highest BCUT2D eigenvalue weighted by Crippen LogP contribution is 2.29. The molecule has 148 valence electrons. The Bertz CT molecular complexity index is 859. The van der Waals surface area contributed by atoms with Gasteiger partial charge < -0.3 is 30.3 Å². The molecule has 3 aliphatic rings. The molecule has 0 aliphatic carbocycles. The average Bonchev–Trinajstić information content (AvgIpc) is 3.25. The summed E-state index contributed by atoms with van der Waals surface area (Å²) in [6, 6.07) is 8.78. The van der Waals surface area contributed by atoms with Gasteiger partial charge in [-0.25, -0.2) is 9.98 Å². The van der Waals surface area contributed by atoms with Crippen molar-refractivity contribution in [1.82, 2.24) is 4.90 Å². The van der Waals surface area contributed by atoms with Crippen molar-refractivity contribution in [3.8, 4) is 0 Å². The van der Waals surface area contributed by atoms with Crippen LogP contribution in [0, 0.1) is 0 Å². The van der Waals surface area contributed by atoms with E-state index in [1.807, 2.05) is 6.07 Å². The van der Waals surface area contributed by atoms with E-state index in [4.69, 9.17) is 10.5 Å². The summed E-state index contributed by atoms with van der Waals surface area (Å²) in [4.78, 5) is 26.7. The topological polar surface area (TPSA) is 165 Å². The van der Waals surface area contributed by atoms with Crippen LogP contribution >= 0.6 is 0 Å². The molecular formula is C17H20N6O5. The molecule has 4 rings (SSSR count). The van der Waals surface area contributed by atoms with Crippen molar-refractivity contribution in [3.63, 3.8) is 0 Å². The molecule has 5 atom stereocenters. The number of rotatable bonds is 4. The summed E-state index contributed by atoms with van der Waals surface area (Å²) < 4.78 is 5.53. The Morgan fingerprint density at radius 1 is 1.32 bits per heavy atom. The smallest absolute Gasteiger partial charge is 0.273 e. The van der Waals surface area contributed by atoms with Crippen molar-refractivity contribution in [2.45, 2.75) is 30.2 Å². The number of carbonyl (C=O) groups excluding carboxylic acids is 1. The average molecular weight is 388 g/mol. The van der Waals surface area contributed by atoms with Crippen molar-refractivity contribution in [2.75, 3.05) is 18.6 Å². The van der Waals surface area contributed by atoms with E-state index in [1.165, 1.54) is 4.90 Å². The first-order valence-corrected chi connectivity index (χ1v) is 8.67. The SMILES string of the molecule is NC1(C(=O)Nc2ccccc2)N=CN=C2C1=NCN2[C@@H]1O[C@H](CO)[C@@H](O)[C@H]1O. The maximum atomic E-state index is 12.8. The molecule has 11 nitrogen and oxygen atoms in total. The molecule has 1 unspecified atom stereocenters. The van der Waals surface area contributed by atoms with Crippen LogP contribution < -0.4 is 11.1 Å². The van der Waals surface area contributed by atoms with Gasteiger partial charge in [0.15, 0.2) is 12.1 Å². The first kappa shape index (κ1) is 18.7. The Kier molecular flexibility index (Phi) is 4.69. The number of amidine groups is 1. The van der Waals surface area contributed by atoms with Gasteiger partial charge >= 0.3 is 0 Å². The molecule has 0 saturated carbocycles. The van der Waals surface area contributed by atoms with Gasteiger partial charge in [0.25, 0.3) is 5.91 Å². The van der Waals surface area contributed by atoms with E-state index in [0.717, 1.165) is 6.34 Å². The molecule has 0 aromatic heterocycles. The number of hydrogen-bond donors (Lipinski definition) is 5. The number of nitrogens with two attached hydrogens (primary N) is 1. The van der Waals surface area contributed by atoms with E-state index in [2.05, 4.69) is 20.3 Å². The lowest BCUT2D eigenvalue weighted by Gasteiger charge is -2.31. The van der Waals surface area contributed by atoms with Crippen LogP contribution in [0.5, 0.6) is 0 Å². The molecule has 11 heteroatoms. The van der Waals surface area contributed by atoms with Gasteiger partial charge in [0.1, 0.15) is 37.0 Å². The molecular weight excluding hydrogens is 368 g/mol. The zero-order chi connectivity index (χ0) is 19.9. The molecule has 0 bridgehead atoms. The number of amides is 1. The molecule has 3 aliphatic heterocycles. The molecule has 1 aromatic carbocycles. The first-order valence-electron chi connectivity index (χ1n) is 8.67. The summed E-state index contributed by atoms with van der Waals surface area (Å²) >= 11 is 0. The van der Waals surface area contributed by atoms with E-state index >= 15 is 0 Å². The van der Waals surface area contributed by atoms with Crippen molar-refractivity contribution >= 4 is 29.5 Å². The number of fused-ring (bicyclic) bond motifs is 1. The minimum absolute atomic E-state index is 0.00168. The number of benzene rings is 1. The number of aliphatic imine (C=N–C) groups is 3. The normalized spacial score (nSPS) is 34.1. The summed E-state index contributed by atoms with van der Waals surface area (Å²) in [6.45, 7) is -0.452. The molecule has 3 heterocycles. The number of hydrogen-bond acceptors (Lipinski definition) is 10. The predicted octanol–water partition coefficient (Wildman–Crippen LogP) is -2.13. The van der Waals surface area contributed by atoms with Gasteiger partial charge in [-0.3, -0.25) is 15.5 Å². The highest BCUT2D eigenvalue weighted by molar-refractivity contribution is 6.51. The van der Waals surface area contributed by atoms with Crippen molar-refractivity contribution < 1.29 is 24.9 Å². The van der Waals surface area contributed by atoms with E-state index in [9.17, 15) is 20.1 Å². The van der Waals surface area contributed by atoms with E-state index in [-0.39, 0.29) is 18.2 Å². The summed E-state index contributed by atoms with van der Waals surface area (Å²) in [6.07, 6.45) is -3.34. The first-order chi connectivity index (χ1) is 13.5. The molecule has 28 heavy (non-hydrogen) atoms. The number of aliphatic hydroxyl groups is 3. The Balaban J connectivity index is 1.56. The largest absolute Gasteiger partial charge is 0.394 e. The standard InChI is InChI=1S/C17H20N6O5/c18-17(16(27)22-9-4-2-1-3-5-9)13-14(19-7-21-17)23(8-20-13)15-12(26)11(25)10(6-24)28-15/h1-5,7,10-12,15,24-26H,6,8,18H2,(H,22,27)/t10-,11-,12-,15-,17?/m1/s1. The van der Waals surface area contributed by atoms with Gasteiger partial charge in [-0.05, 0) is 12.1 Å². The van der Waals surface area contributed by atoms with Gasteiger partial charge in [0, 0.05) is 5.69 Å². The Labute approximate surface area is 159 Å². The van der Waals surface area contributed by atoms with Crippen LogP contribution in [-0.4, -0.2) is 87.5 Å². The van der Waals surface area contributed by atoms with Gasteiger partial charge in [0.2, 0.25) is 5.66 Å². The summed E-state index contributed by atoms with van der Waals surface area (Å²) in [7, 11) is 0. The van der Waals surface area contributed by atoms with Crippen molar-refractivity contribution in [1.29, 1.82) is 0 Å². The molecule has 1 amide bonds. The zero-order valence-electron chi connectivity index (χ0n) is 14.7. The molecule has 1 saturated heterocycles. The second-order valence-corrected chi connectivity index (χ2v) is 6.63. The lowest BCUT2D eigenvalue weighted by Crippen LogP contribution is -2.61. The minimum atomic E-state index is -1.81. The Morgan fingerprint density at radius 3 is 2.75 bits per heavy atom. The molecule has 0 spiro atoms. The Hall–Kier alpha value is -2.70. The number of ether oxygens (including phenoxy) is 1. The number of nitrogens with zero attached hydrogens (tertiary/aromatic N) is 4. The van der Waals surface area contributed by atoms with Crippen LogP contribution in [0.3, 0.4) is 0 Å². The fourth-order valence-corrected chi connectivity index (χ4v) is 3.34. The summed E-state index contributed by atoms with van der Waals surface area (Å²) in [5.41, 5.74) is 5.14. The third-order valence-corrected chi connectivity index (χ3v) is 4.87. The number of para-hydroxylation sites is 1. The fraction of sp³-hybridized carbons (Fsp3) is 0.412. The summed E-state index contributed by atoms with van der Waals surface area (Å²) in [5, 5.41) is 32.2. The van der Waals surface area contributed by atoms with E-state index < -0.39 is 42.7 Å². The third-order valence-electron chi connectivity index (χ3n) is 4.87. The van der Waals surface area contributed by atoms with Crippen molar-refractivity contribution in [2.24, 2.45) is 20.7 Å². The maximum Gasteiger partial charge on any atom is 0.273 e.